The fourth-order valence-electron chi connectivity index (χ4n) is 10.1. The molecule has 0 spiro atoms. The van der Waals surface area contributed by atoms with Crippen molar-refractivity contribution in [3.05, 3.63) is 36.5 Å². The molecule has 6 nitrogen and oxygen atoms in total. The van der Waals surface area contributed by atoms with E-state index in [4.69, 9.17) is 4.74 Å². The number of aliphatic hydroxyl groups excluding tert-OH is 2. The van der Waals surface area contributed by atoms with Crippen molar-refractivity contribution in [3.8, 4) is 0 Å². The van der Waals surface area contributed by atoms with Gasteiger partial charge in [-0.3, -0.25) is 9.59 Å². The number of nitrogens with one attached hydrogen (secondary N) is 1. The summed E-state index contributed by atoms with van der Waals surface area (Å²) in [5.74, 6) is -0.0627. The van der Waals surface area contributed by atoms with Gasteiger partial charge in [0.2, 0.25) is 5.91 Å². The molecule has 0 aromatic heterocycles. The first-order valence-corrected chi connectivity index (χ1v) is 32.8. The van der Waals surface area contributed by atoms with Crippen LogP contribution in [0.15, 0.2) is 36.5 Å². The largest absolute Gasteiger partial charge is 0.466 e. The van der Waals surface area contributed by atoms with Crippen LogP contribution in [0.1, 0.15) is 354 Å². The lowest BCUT2D eigenvalue weighted by molar-refractivity contribution is -0.143. The Kier molecular flexibility index (Phi) is 61.0. The summed E-state index contributed by atoms with van der Waals surface area (Å²) in [7, 11) is 0. The molecule has 430 valence electrons. The Morgan fingerprint density at radius 3 is 1.07 bits per heavy atom. The number of amides is 1. The summed E-state index contributed by atoms with van der Waals surface area (Å²) in [6.07, 6.45) is 79.0. The van der Waals surface area contributed by atoms with Crippen LogP contribution in [0.5, 0.6) is 0 Å². The zero-order valence-corrected chi connectivity index (χ0v) is 49.1. The van der Waals surface area contributed by atoms with Crippen molar-refractivity contribution in [2.45, 2.75) is 366 Å². The van der Waals surface area contributed by atoms with Gasteiger partial charge in [-0.25, -0.2) is 0 Å². The van der Waals surface area contributed by atoms with E-state index in [0.29, 0.717) is 19.4 Å². The van der Waals surface area contributed by atoms with Gasteiger partial charge in [0.1, 0.15) is 0 Å². The number of hydrogen-bond donors (Lipinski definition) is 3. The Morgan fingerprint density at radius 2 is 0.685 bits per heavy atom. The van der Waals surface area contributed by atoms with Gasteiger partial charge >= 0.3 is 5.97 Å². The SMILES string of the molecule is CCCCC/C=C\C/C=C\CCCCCCCCCC(=O)OCCCCCCCCCCCCCCCCCCCCCCCC(=O)NC(CO)C(O)/C=C/CCCCCCCCCCCCCCCCCC. The summed E-state index contributed by atoms with van der Waals surface area (Å²) >= 11 is 0. The second-order valence-electron chi connectivity index (χ2n) is 22.5. The molecule has 2 atom stereocenters. The molecule has 0 aliphatic carbocycles. The van der Waals surface area contributed by atoms with E-state index in [1.54, 1.807) is 6.08 Å². The number of hydrogen-bond acceptors (Lipinski definition) is 5. The Morgan fingerprint density at radius 1 is 0.384 bits per heavy atom. The van der Waals surface area contributed by atoms with Gasteiger partial charge in [0.05, 0.1) is 25.4 Å². The Labute approximate surface area is 455 Å². The lowest BCUT2D eigenvalue weighted by Crippen LogP contribution is -2.45. The van der Waals surface area contributed by atoms with Crippen LogP contribution in [0.4, 0.5) is 0 Å². The second kappa shape index (κ2) is 62.6. The molecule has 0 aromatic rings. The summed E-state index contributed by atoms with van der Waals surface area (Å²) < 4.78 is 5.49. The molecule has 0 radical (unpaired) electrons. The molecule has 0 saturated carbocycles. The highest BCUT2D eigenvalue weighted by Gasteiger charge is 2.18. The van der Waals surface area contributed by atoms with E-state index in [1.807, 2.05) is 6.08 Å². The predicted molar refractivity (Wildman–Crippen MR) is 319 cm³/mol. The molecule has 1 amide bonds. The highest BCUT2D eigenvalue weighted by Crippen LogP contribution is 2.18. The number of aliphatic hydroxyl groups is 2. The molecular weight excluding hydrogens is 899 g/mol. The lowest BCUT2D eigenvalue weighted by Gasteiger charge is -2.20. The minimum absolute atomic E-state index is 0.00395. The minimum Gasteiger partial charge on any atom is -0.466 e. The number of allylic oxidation sites excluding steroid dienone is 5. The van der Waals surface area contributed by atoms with E-state index < -0.39 is 12.1 Å². The molecule has 0 saturated heterocycles. The van der Waals surface area contributed by atoms with Crippen molar-refractivity contribution in [2.24, 2.45) is 0 Å². The van der Waals surface area contributed by atoms with Crippen LogP contribution in [0, 0.1) is 0 Å². The van der Waals surface area contributed by atoms with Crippen LogP contribution in [0.25, 0.3) is 0 Å². The van der Waals surface area contributed by atoms with E-state index in [2.05, 4.69) is 43.5 Å². The summed E-state index contributed by atoms with van der Waals surface area (Å²) in [5.41, 5.74) is 0. The average molecular weight is 1030 g/mol. The van der Waals surface area contributed by atoms with Crippen LogP contribution in [-0.4, -0.2) is 47.4 Å². The number of carbonyl (C=O) groups is 2. The maximum Gasteiger partial charge on any atom is 0.305 e. The lowest BCUT2D eigenvalue weighted by atomic mass is 10.0. The molecule has 0 bridgehead atoms. The summed E-state index contributed by atoms with van der Waals surface area (Å²) in [6, 6.07) is -0.629. The monoisotopic (exact) mass is 1030 g/mol. The third-order valence-corrected chi connectivity index (χ3v) is 15.2. The van der Waals surface area contributed by atoms with Crippen molar-refractivity contribution in [3.63, 3.8) is 0 Å². The summed E-state index contributed by atoms with van der Waals surface area (Å²) in [6.45, 7) is 4.90. The van der Waals surface area contributed by atoms with Crippen molar-refractivity contribution in [1.29, 1.82) is 0 Å². The molecule has 0 aromatic carbocycles. The normalized spacial score (nSPS) is 12.8. The third-order valence-electron chi connectivity index (χ3n) is 15.2. The Bertz CT molecular complexity index is 1180. The highest BCUT2D eigenvalue weighted by atomic mass is 16.5. The third kappa shape index (κ3) is 59.2. The van der Waals surface area contributed by atoms with Crippen molar-refractivity contribution in [2.75, 3.05) is 13.2 Å². The van der Waals surface area contributed by atoms with Gasteiger partial charge in [0.15, 0.2) is 0 Å². The number of esters is 1. The molecule has 0 fully saturated rings. The van der Waals surface area contributed by atoms with Gasteiger partial charge in [-0.1, -0.05) is 314 Å². The Hall–Kier alpha value is -1.92. The molecular formula is C67H127NO5. The van der Waals surface area contributed by atoms with E-state index >= 15 is 0 Å². The first-order chi connectivity index (χ1) is 36.0. The standard InChI is InChI=1S/C67H127NO5/c1-3-5-7-9-11-13-15-17-19-21-28-31-35-39-43-47-51-55-59-65(70)64(63-69)68-66(71)60-56-52-48-44-40-36-32-29-25-23-22-24-26-30-34-38-42-46-50-54-58-62-73-67(72)61-57-53-49-45-41-37-33-27-20-18-16-14-12-10-8-6-4-2/h12,14,18,20,55,59,64-65,69-70H,3-11,13,15-17,19,21-54,56-58,60-63H2,1-2H3,(H,68,71)/b14-12-,20-18-,59-55+. The van der Waals surface area contributed by atoms with Gasteiger partial charge in [-0.05, 0) is 64.2 Å². The van der Waals surface area contributed by atoms with Crippen molar-refractivity contribution < 1.29 is 24.5 Å². The maximum absolute atomic E-state index is 12.5. The summed E-state index contributed by atoms with van der Waals surface area (Å²) in [4.78, 5) is 24.6. The number of carbonyl (C=O) groups excluding carboxylic acids is 2. The first kappa shape index (κ1) is 71.1. The van der Waals surface area contributed by atoms with E-state index in [-0.39, 0.29) is 18.5 Å². The van der Waals surface area contributed by atoms with Gasteiger partial charge < -0.3 is 20.3 Å². The van der Waals surface area contributed by atoms with Crippen LogP contribution >= 0.6 is 0 Å². The van der Waals surface area contributed by atoms with Crippen LogP contribution in [-0.2, 0) is 14.3 Å². The molecule has 0 aliphatic heterocycles. The van der Waals surface area contributed by atoms with Crippen LogP contribution < -0.4 is 5.32 Å². The predicted octanol–water partition coefficient (Wildman–Crippen LogP) is 20.8. The molecule has 0 aliphatic rings. The van der Waals surface area contributed by atoms with E-state index in [0.717, 1.165) is 51.4 Å². The zero-order valence-electron chi connectivity index (χ0n) is 49.1. The first-order valence-electron chi connectivity index (χ1n) is 32.8. The van der Waals surface area contributed by atoms with Gasteiger partial charge in [0, 0.05) is 12.8 Å². The van der Waals surface area contributed by atoms with E-state index in [9.17, 15) is 19.8 Å². The maximum atomic E-state index is 12.5. The highest BCUT2D eigenvalue weighted by molar-refractivity contribution is 5.76. The second-order valence-corrected chi connectivity index (χ2v) is 22.5. The molecule has 0 rings (SSSR count). The smallest absolute Gasteiger partial charge is 0.305 e. The van der Waals surface area contributed by atoms with Crippen LogP contribution in [0.3, 0.4) is 0 Å². The number of ether oxygens (including phenoxy) is 1. The topological polar surface area (TPSA) is 95.9 Å². The molecule has 0 heterocycles. The fraction of sp³-hybridized carbons (Fsp3) is 0.881. The molecule has 6 heteroatoms. The van der Waals surface area contributed by atoms with Gasteiger partial charge in [0.25, 0.3) is 0 Å². The minimum atomic E-state index is -0.846. The van der Waals surface area contributed by atoms with Gasteiger partial charge in [-0.2, -0.15) is 0 Å². The quantitative estimate of drug-likeness (QED) is 0.0320. The number of unbranched alkanes of at least 4 members (excludes halogenated alkanes) is 46. The number of rotatable bonds is 61. The van der Waals surface area contributed by atoms with Crippen LogP contribution in [0.2, 0.25) is 0 Å². The zero-order chi connectivity index (χ0) is 52.9. The fourth-order valence-corrected chi connectivity index (χ4v) is 10.1. The van der Waals surface area contributed by atoms with Crippen molar-refractivity contribution in [1.82, 2.24) is 5.32 Å². The van der Waals surface area contributed by atoms with E-state index in [1.165, 1.54) is 276 Å². The van der Waals surface area contributed by atoms with Gasteiger partial charge in [-0.15, -0.1) is 0 Å². The van der Waals surface area contributed by atoms with Crippen molar-refractivity contribution >= 4 is 11.9 Å². The Balaban J connectivity index is 3.41. The average Bonchev–Trinajstić information content (AvgIpc) is 3.39. The molecule has 2 unspecified atom stereocenters. The molecule has 3 N–H and O–H groups in total. The summed E-state index contributed by atoms with van der Waals surface area (Å²) in [5, 5.41) is 23.2. The molecule has 73 heavy (non-hydrogen) atoms.